The number of methoxy groups -OCH3 is 2. The first-order valence-corrected chi connectivity index (χ1v) is 10.7. The third-order valence-corrected chi connectivity index (χ3v) is 6.08. The number of hydrogen-bond donors (Lipinski definition) is 1. The van der Waals surface area contributed by atoms with Crippen LogP contribution < -0.4 is 14.2 Å². The highest BCUT2D eigenvalue weighted by Gasteiger charge is 2.27. The van der Waals surface area contributed by atoms with E-state index in [0.717, 1.165) is 0 Å². The molecule has 0 aliphatic rings. The number of nitrogens with one attached hydrogen (secondary N) is 1. The van der Waals surface area contributed by atoms with E-state index in [9.17, 15) is 8.42 Å². The fourth-order valence-electron chi connectivity index (χ4n) is 2.83. The number of halogens is 2. The maximum absolute atomic E-state index is 13.1. The van der Waals surface area contributed by atoms with Gasteiger partial charge in [-0.2, -0.15) is 4.72 Å². The number of hydrogen-bond acceptors (Lipinski definition) is 5. The number of sulfonamides is 1. The molecule has 0 saturated heterocycles. The number of nitrogens with zero attached hydrogens (tertiary/aromatic N) is 2. The van der Waals surface area contributed by atoms with Gasteiger partial charge in [0.25, 0.3) is 0 Å². The summed E-state index contributed by atoms with van der Waals surface area (Å²) in [5, 5.41) is 0.434. The predicted molar refractivity (Wildman–Crippen MR) is 111 cm³/mol. The van der Waals surface area contributed by atoms with E-state index in [1.807, 2.05) is 0 Å². The number of aryl methyl sites for hydroxylation is 1. The topological polar surface area (TPSA) is 82.4 Å². The molecule has 0 aliphatic carbocycles. The molecular formula is C19H19Cl2N3O4S. The molecule has 0 bridgehead atoms. The highest BCUT2D eigenvalue weighted by molar-refractivity contribution is 7.89. The number of aromatic nitrogens is 2. The van der Waals surface area contributed by atoms with Gasteiger partial charge in [0, 0.05) is 35.6 Å². The van der Waals surface area contributed by atoms with Gasteiger partial charge in [-0.3, -0.25) is 0 Å². The van der Waals surface area contributed by atoms with Crippen molar-refractivity contribution in [3.05, 3.63) is 70.2 Å². The summed E-state index contributed by atoms with van der Waals surface area (Å²) in [6.07, 6.45) is 3.31. The van der Waals surface area contributed by atoms with E-state index in [1.165, 1.54) is 32.4 Å². The third kappa shape index (κ3) is 4.84. The molecule has 0 aliphatic heterocycles. The molecule has 1 atom stereocenters. The summed E-state index contributed by atoms with van der Waals surface area (Å²) in [5.41, 5.74) is 0.590. The Balaban J connectivity index is 2.12. The van der Waals surface area contributed by atoms with Gasteiger partial charge in [0.2, 0.25) is 10.0 Å². The smallest absolute Gasteiger partial charge is 0.241 e. The van der Waals surface area contributed by atoms with Gasteiger partial charge in [0.15, 0.2) is 0 Å². The van der Waals surface area contributed by atoms with Gasteiger partial charge in [0.05, 0.1) is 19.1 Å². The molecule has 3 aromatic rings. The van der Waals surface area contributed by atoms with E-state index in [2.05, 4.69) is 9.71 Å². The largest absolute Gasteiger partial charge is 0.497 e. The van der Waals surface area contributed by atoms with E-state index >= 15 is 0 Å². The Morgan fingerprint density at radius 1 is 1.00 bits per heavy atom. The molecule has 1 heterocycles. The van der Waals surface area contributed by atoms with Gasteiger partial charge in [-0.05, 0) is 35.9 Å². The van der Waals surface area contributed by atoms with Crippen LogP contribution in [0.4, 0.5) is 0 Å². The minimum absolute atomic E-state index is 0.0518. The summed E-state index contributed by atoms with van der Waals surface area (Å²) >= 11 is 12.0. The van der Waals surface area contributed by atoms with Crippen LogP contribution in [0, 0.1) is 0 Å². The van der Waals surface area contributed by atoms with Gasteiger partial charge in [0.1, 0.15) is 23.4 Å². The van der Waals surface area contributed by atoms with E-state index in [0.29, 0.717) is 22.9 Å². The van der Waals surface area contributed by atoms with E-state index in [-0.39, 0.29) is 14.9 Å². The molecule has 1 aromatic heterocycles. The van der Waals surface area contributed by atoms with E-state index < -0.39 is 16.1 Å². The SMILES string of the molecule is COc1cc(OC)cc([C@H](NS(=O)(=O)c2cc(Cl)cc(Cl)c2)c2nccn2C)c1. The zero-order chi connectivity index (χ0) is 21.2. The zero-order valence-corrected chi connectivity index (χ0v) is 18.2. The van der Waals surface area contributed by atoms with Crippen LogP contribution in [0.2, 0.25) is 10.0 Å². The van der Waals surface area contributed by atoms with Crippen molar-refractivity contribution in [1.29, 1.82) is 0 Å². The second-order valence-electron chi connectivity index (χ2n) is 6.20. The van der Waals surface area contributed by atoms with Crippen molar-refractivity contribution in [3.63, 3.8) is 0 Å². The Morgan fingerprint density at radius 3 is 2.07 bits per heavy atom. The van der Waals surface area contributed by atoms with Crippen LogP contribution in [0.3, 0.4) is 0 Å². The fourth-order valence-corrected chi connectivity index (χ4v) is 4.74. The predicted octanol–water partition coefficient (Wildman–Crippen LogP) is 3.81. The standard InChI is InChI=1S/C19H19Cl2N3O4S/c1-24-5-4-22-19(24)18(12-6-15(27-2)11-16(7-12)28-3)23-29(25,26)17-9-13(20)8-14(21)10-17/h4-11,18,23H,1-3H3/t18-/m0/s1. The van der Waals surface area contributed by atoms with Crippen molar-refractivity contribution < 1.29 is 17.9 Å². The Labute approximate surface area is 179 Å². The van der Waals surface area contributed by atoms with Crippen LogP contribution >= 0.6 is 23.2 Å². The fraction of sp³-hybridized carbons (Fsp3) is 0.211. The van der Waals surface area contributed by atoms with Gasteiger partial charge in [-0.15, -0.1) is 0 Å². The average Bonchev–Trinajstić information content (AvgIpc) is 3.10. The summed E-state index contributed by atoms with van der Waals surface area (Å²) < 4.78 is 41.3. The van der Waals surface area contributed by atoms with Crippen LogP contribution in [0.25, 0.3) is 0 Å². The van der Waals surface area contributed by atoms with Gasteiger partial charge in [-0.1, -0.05) is 23.2 Å². The Morgan fingerprint density at radius 2 is 1.59 bits per heavy atom. The lowest BCUT2D eigenvalue weighted by Crippen LogP contribution is -2.31. The molecule has 2 aromatic carbocycles. The molecule has 7 nitrogen and oxygen atoms in total. The second kappa shape index (κ2) is 8.62. The number of ether oxygens (including phenoxy) is 2. The molecular weight excluding hydrogens is 437 g/mol. The van der Waals surface area contributed by atoms with Crippen molar-refractivity contribution in [1.82, 2.24) is 14.3 Å². The molecule has 0 saturated carbocycles. The van der Waals surface area contributed by atoms with Crippen LogP contribution in [0.5, 0.6) is 11.5 Å². The second-order valence-corrected chi connectivity index (χ2v) is 8.79. The van der Waals surface area contributed by atoms with Crippen molar-refractivity contribution in [2.75, 3.05) is 14.2 Å². The van der Waals surface area contributed by atoms with Gasteiger partial charge in [-0.25, -0.2) is 13.4 Å². The monoisotopic (exact) mass is 455 g/mol. The van der Waals surface area contributed by atoms with Crippen LogP contribution in [-0.2, 0) is 17.1 Å². The summed E-state index contributed by atoms with van der Waals surface area (Å²) in [7, 11) is 0.827. The number of benzene rings is 2. The summed E-state index contributed by atoms with van der Waals surface area (Å²) in [5.74, 6) is 1.52. The molecule has 0 spiro atoms. The first-order chi connectivity index (χ1) is 13.7. The first kappa shape index (κ1) is 21.4. The van der Waals surface area contributed by atoms with Crippen LogP contribution in [0.15, 0.2) is 53.7 Å². The molecule has 0 radical (unpaired) electrons. The molecule has 3 rings (SSSR count). The number of rotatable bonds is 7. The molecule has 0 amide bonds. The Kier molecular flexibility index (Phi) is 6.38. The lowest BCUT2D eigenvalue weighted by atomic mass is 10.1. The van der Waals surface area contributed by atoms with E-state index in [4.69, 9.17) is 32.7 Å². The zero-order valence-electron chi connectivity index (χ0n) is 15.9. The van der Waals surface area contributed by atoms with Crippen LogP contribution in [0.1, 0.15) is 17.4 Å². The normalized spacial score (nSPS) is 12.6. The van der Waals surface area contributed by atoms with E-state index in [1.54, 1.807) is 42.2 Å². The van der Waals surface area contributed by atoms with Crippen molar-refractivity contribution in [3.8, 4) is 11.5 Å². The Bertz CT molecular complexity index is 1090. The Hall–Kier alpha value is -2.26. The van der Waals surface area contributed by atoms with Crippen molar-refractivity contribution >= 4 is 33.2 Å². The van der Waals surface area contributed by atoms with Gasteiger partial charge < -0.3 is 14.0 Å². The minimum atomic E-state index is -3.99. The first-order valence-electron chi connectivity index (χ1n) is 8.42. The molecule has 0 fully saturated rings. The minimum Gasteiger partial charge on any atom is -0.497 e. The molecule has 154 valence electrons. The lowest BCUT2D eigenvalue weighted by Gasteiger charge is -2.20. The highest BCUT2D eigenvalue weighted by Crippen LogP contribution is 2.31. The third-order valence-electron chi connectivity index (χ3n) is 4.24. The van der Waals surface area contributed by atoms with Crippen molar-refractivity contribution in [2.45, 2.75) is 10.9 Å². The summed E-state index contributed by atoms with van der Waals surface area (Å²) in [4.78, 5) is 4.27. The lowest BCUT2D eigenvalue weighted by molar-refractivity contribution is 0.392. The molecule has 1 N–H and O–H groups in total. The molecule has 0 unspecified atom stereocenters. The molecule has 10 heteroatoms. The highest BCUT2D eigenvalue weighted by atomic mass is 35.5. The van der Waals surface area contributed by atoms with Crippen LogP contribution in [-0.4, -0.2) is 32.2 Å². The average molecular weight is 456 g/mol. The maximum atomic E-state index is 13.1. The van der Waals surface area contributed by atoms with Crippen molar-refractivity contribution in [2.24, 2.45) is 7.05 Å². The summed E-state index contributed by atoms with van der Waals surface area (Å²) in [6, 6.07) is 8.44. The number of imidazole rings is 1. The maximum Gasteiger partial charge on any atom is 0.241 e. The summed E-state index contributed by atoms with van der Waals surface area (Å²) in [6.45, 7) is 0. The molecule has 29 heavy (non-hydrogen) atoms. The quantitative estimate of drug-likeness (QED) is 0.585. The van der Waals surface area contributed by atoms with Gasteiger partial charge >= 0.3 is 0 Å².